The summed E-state index contributed by atoms with van der Waals surface area (Å²) in [7, 11) is 0. The third-order valence-electron chi connectivity index (χ3n) is 4.41. The number of rotatable bonds is 6. The molecule has 0 atom stereocenters. The molecule has 0 radical (unpaired) electrons. The number of carbonyl (C=O) groups is 1. The van der Waals surface area contributed by atoms with Crippen LogP contribution in [0.1, 0.15) is 24.8 Å². The van der Waals surface area contributed by atoms with Gasteiger partial charge in [-0.3, -0.25) is 4.79 Å². The summed E-state index contributed by atoms with van der Waals surface area (Å²) >= 11 is 11.9. The van der Waals surface area contributed by atoms with Gasteiger partial charge in [0.25, 0.3) is 5.91 Å². The third-order valence-corrected chi connectivity index (χ3v) is 5.15. The summed E-state index contributed by atoms with van der Waals surface area (Å²) in [5.41, 5.74) is 2.06. The highest BCUT2D eigenvalue weighted by Gasteiger charge is 2.38. The van der Waals surface area contributed by atoms with E-state index in [1.807, 2.05) is 17.0 Å². The maximum Gasteiger partial charge on any atom is 0.252 e. The van der Waals surface area contributed by atoms with Crippen molar-refractivity contribution in [3.8, 4) is 0 Å². The largest absolute Gasteiger partial charge is 0.505 e. The van der Waals surface area contributed by atoms with E-state index in [4.69, 9.17) is 23.2 Å². The van der Waals surface area contributed by atoms with Crippen LogP contribution in [0.5, 0.6) is 0 Å². The molecule has 1 amide bonds. The van der Waals surface area contributed by atoms with Crippen LogP contribution in [0.3, 0.4) is 0 Å². The highest BCUT2D eigenvalue weighted by molar-refractivity contribution is 6.42. The van der Waals surface area contributed by atoms with E-state index in [-0.39, 0.29) is 11.7 Å². The van der Waals surface area contributed by atoms with E-state index in [9.17, 15) is 9.90 Å². The van der Waals surface area contributed by atoms with Gasteiger partial charge in [0.2, 0.25) is 0 Å². The Labute approximate surface area is 151 Å². The predicted molar refractivity (Wildman–Crippen MR) is 96.3 cm³/mol. The lowest BCUT2D eigenvalue weighted by Crippen LogP contribution is -2.30. The van der Waals surface area contributed by atoms with Crippen LogP contribution in [0.25, 0.3) is 0 Å². The summed E-state index contributed by atoms with van der Waals surface area (Å²) in [6.07, 6.45) is 3.78. The minimum atomic E-state index is -0.217. The number of hydrogen-bond acceptors (Lipinski definition) is 3. The number of aryl methyl sites for hydroxylation is 1. The van der Waals surface area contributed by atoms with Crippen LogP contribution in [0.2, 0.25) is 10.0 Å². The number of carbonyl (C=O) groups excluding carboxylic acids is 1. The molecule has 1 aromatic carbocycles. The summed E-state index contributed by atoms with van der Waals surface area (Å²) < 4.78 is 0. The molecule has 1 aliphatic heterocycles. The highest BCUT2D eigenvalue weighted by Crippen LogP contribution is 2.36. The van der Waals surface area contributed by atoms with Gasteiger partial charge in [0.05, 0.1) is 27.9 Å². The summed E-state index contributed by atoms with van der Waals surface area (Å²) in [4.78, 5) is 14.3. The van der Waals surface area contributed by atoms with Gasteiger partial charge in [0, 0.05) is 12.6 Å². The molecule has 0 unspecified atom stereocenters. The molecule has 0 spiro atoms. The molecule has 1 heterocycles. The molecule has 0 bridgehead atoms. The topological polar surface area (TPSA) is 52.6 Å². The molecule has 24 heavy (non-hydrogen) atoms. The van der Waals surface area contributed by atoms with Crippen LogP contribution in [0, 0.1) is 0 Å². The van der Waals surface area contributed by atoms with Gasteiger partial charge in [-0.05, 0) is 43.4 Å². The molecule has 1 aliphatic carbocycles. The van der Waals surface area contributed by atoms with Gasteiger partial charge in [-0.1, -0.05) is 35.8 Å². The van der Waals surface area contributed by atoms with Gasteiger partial charge in [-0.15, -0.1) is 0 Å². The van der Waals surface area contributed by atoms with Crippen molar-refractivity contribution >= 4 is 29.1 Å². The van der Waals surface area contributed by atoms with Gasteiger partial charge >= 0.3 is 0 Å². The van der Waals surface area contributed by atoms with E-state index < -0.39 is 0 Å². The Hall–Kier alpha value is -1.65. The number of nitrogens with zero attached hydrogens (tertiary/aromatic N) is 1. The minimum absolute atomic E-state index is 0.0314. The molecule has 0 aromatic heterocycles. The van der Waals surface area contributed by atoms with E-state index in [0.717, 1.165) is 31.2 Å². The molecule has 1 fully saturated rings. The summed E-state index contributed by atoms with van der Waals surface area (Å²) in [5.74, 6) is -0.185. The first-order chi connectivity index (χ1) is 11.5. The molecular formula is C18H20Cl2N2O2. The molecule has 4 nitrogen and oxygen atoms in total. The molecule has 2 N–H and O–H groups in total. The van der Waals surface area contributed by atoms with E-state index in [1.165, 1.54) is 0 Å². The molecule has 2 aliphatic rings. The SMILES string of the molecule is C=C1C(O)=C(C(=O)NCCCc2ccc(Cl)c(Cl)c2)CN1C1CC1. The van der Waals surface area contributed by atoms with Crippen LogP contribution in [0.15, 0.2) is 41.8 Å². The van der Waals surface area contributed by atoms with Gasteiger partial charge in [-0.2, -0.15) is 0 Å². The number of benzene rings is 1. The third kappa shape index (κ3) is 3.70. The molecular weight excluding hydrogens is 347 g/mol. The second kappa shape index (κ2) is 7.08. The fourth-order valence-corrected chi connectivity index (χ4v) is 3.18. The fraction of sp³-hybridized carbons (Fsp3) is 0.389. The van der Waals surface area contributed by atoms with Crippen molar-refractivity contribution in [2.45, 2.75) is 31.7 Å². The maximum atomic E-state index is 12.3. The Morgan fingerprint density at radius 3 is 2.75 bits per heavy atom. The monoisotopic (exact) mass is 366 g/mol. The summed E-state index contributed by atoms with van der Waals surface area (Å²) in [6, 6.07) is 5.98. The van der Waals surface area contributed by atoms with Crippen molar-refractivity contribution in [3.63, 3.8) is 0 Å². The molecule has 3 rings (SSSR count). The van der Waals surface area contributed by atoms with Gasteiger partial charge < -0.3 is 15.3 Å². The zero-order valence-electron chi connectivity index (χ0n) is 13.3. The first kappa shape index (κ1) is 17.2. The van der Waals surface area contributed by atoms with Crippen LogP contribution >= 0.6 is 23.2 Å². The average molecular weight is 367 g/mol. The highest BCUT2D eigenvalue weighted by atomic mass is 35.5. The van der Waals surface area contributed by atoms with E-state index in [2.05, 4.69) is 11.9 Å². The Kier molecular flexibility index (Phi) is 5.07. The predicted octanol–water partition coefficient (Wildman–Crippen LogP) is 3.85. The Balaban J connectivity index is 1.47. The van der Waals surface area contributed by atoms with Crippen LogP contribution in [-0.4, -0.2) is 35.0 Å². The van der Waals surface area contributed by atoms with Crippen molar-refractivity contribution in [2.24, 2.45) is 0 Å². The molecule has 128 valence electrons. The lowest BCUT2D eigenvalue weighted by molar-refractivity contribution is -0.117. The zero-order valence-corrected chi connectivity index (χ0v) is 14.8. The number of halogens is 2. The average Bonchev–Trinajstić information content (AvgIpc) is 3.35. The molecule has 1 aromatic rings. The Morgan fingerprint density at radius 2 is 2.08 bits per heavy atom. The molecule has 6 heteroatoms. The molecule has 1 saturated carbocycles. The van der Waals surface area contributed by atoms with Crippen molar-refractivity contribution in [2.75, 3.05) is 13.1 Å². The van der Waals surface area contributed by atoms with Gasteiger partial charge in [0.15, 0.2) is 0 Å². The van der Waals surface area contributed by atoms with Crippen LogP contribution in [0.4, 0.5) is 0 Å². The van der Waals surface area contributed by atoms with E-state index in [1.54, 1.807) is 6.07 Å². The fourth-order valence-electron chi connectivity index (χ4n) is 2.86. The van der Waals surface area contributed by atoms with Crippen molar-refractivity contribution in [1.29, 1.82) is 0 Å². The zero-order chi connectivity index (χ0) is 17.3. The summed E-state index contributed by atoms with van der Waals surface area (Å²) in [5, 5.41) is 14.1. The molecule has 0 saturated heterocycles. The smallest absolute Gasteiger partial charge is 0.252 e. The van der Waals surface area contributed by atoms with E-state index in [0.29, 0.717) is 40.4 Å². The second-order valence-electron chi connectivity index (χ2n) is 6.24. The number of aliphatic hydroxyl groups is 1. The summed E-state index contributed by atoms with van der Waals surface area (Å²) in [6.45, 7) is 4.86. The number of aliphatic hydroxyl groups excluding tert-OH is 1. The second-order valence-corrected chi connectivity index (χ2v) is 7.06. The van der Waals surface area contributed by atoms with E-state index >= 15 is 0 Å². The Morgan fingerprint density at radius 1 is 1.33 bits per heavy atom. The lowest BCUT2D eigenvalue weighted by Gasteiger charge is -2.18. The number of hydrogen-bond donors (Lipinski definition) is 2. The van der Waals surface area contributed by atoms with Crippen molar-refractivity contribution in [1.82, 2.24) is 10.2 Å². The van der Waals surface area contributed by atoms with Gasteiger partial charge in [-0.25, -0.2) is 0 Å². The quantitative estimate of drug-likeness (QED) is 0.751. The minimum Gasteiger partial charge on any atom is -0.505 e. The Bertz CT molecular complexity index is 711. The van der Waals surface area contributed by atoms with Crippen molar-refractivity contribution < 1.29 is 9.90 Å². The maximum absolute atomic E-state index is 12.3. The van der Waals surface area contributed by atoms with Gasteiger partial charge in [0.1, 0.15) is 5.76 Å². The van der Waals surface area contributed by atoms with Crippen LogP contribution in [-0.2, 0) is 11.2 Å². The first-order valence-electron chi connectivity index (χ1n) is 8.07. The first-order valence-corrected chi connectivity index (χ1v) is 8.83. The normalized spacial score (nSPS) is 17.6. The number of nitrogens with one attached hydrogen (secondary N) is 1. The standard InChI is InChI=1S/C18H20Cl2N2O2/c1-11-17(23)14(10-22(11)13-5-6-13)18(24)21-8-2-3-12-4-7-15(19)16(20)9-12/h4,7,9,13,23H,1-3,5-6,8,10H2,(H,21,24). The number of amides is 1. The van der Waals surface area contributed by atoms with Crippen LogP contribution < -0.4 is 5.32 Å². The lowest BCUT2D eigenvalue weighted by atomic mass is 10.1. The van der Waals surface area contributed by atoms with Crippen molar-refractivity contribution in [3.05, 3.63) is 57.4 Å².